The van der Waals surface area contributed by atoms with Gasteiger partial charge in [0.15, 0.2) is 0 Å². The number of benzene rings is 1. The van der Waals surface area contributed by atoms with E-state index in [1.165, 1.54) is 16.8 Å². The topological polar surface area (TPSA) is 65.6 Å². The van der Waals surface area contributed by atoms with Crippen molar-refractivity contribution >= 4 is 15.9 Å². The van der Waals surface area contributed by atoms with Crippen LogP contribution in [-0.4, -0.2) is 23.7 Å². The standard InChI is InChI=1S/C12H8F3N3O3S/c1-16-11-10(7-18(2)17-11)8-3-5-9(6-4-8)21-22(19,20)12(13,14)15/h3-7H,2H3. The van der Waals surface area contributed by atoms with Crippen LogP contribution < -0.4 is 4.18 Å². The zero-order valence-corrected chi connectivity index (χ0v) is 11.8. The first-order valence-corrected chi connectivity index (χ1v) is 7.07. The molecule has 0 N–H and O–H groups in total. The Labute approximate surface area is 123 Å². The van der Waals surface area contributed by atoms with Gasteiger partial charge in [0.05, 0.1) is 0 Å². The molecule has 0 spiro atoms. The largest absolute Gasteiger partial charge is 0.534 e. The molecule has 0 aliphatic heterocycles. The maximum absolute atomic E-state index is 12.2. The summed E-state index contributed by atoms with van der Waals surface area (Å²) >= 11 is 0. The van der Waals surface area contributed by atoms with E-state index in [2.05, 4.69) is 14.1 Å². The average molecular weight is 331 g/mol. The van der Waals surface area contributed by atoms with E-state index in [-0.39, 0.29) is 5.82 Å². The fraction of sp³-hybridized carbons (Fsp3) is 0.167. The molecule has 0 aliphatic rings. The zero-order valence-electron chi connectivity index (χ0n) is 11.0. The highest BCUT2D eigenvalue weighted by Gasteiger charge is 2.48. The summed E-state index contributed by atoms with van der Waals surface area (Å²) in [6, 6.07) is 4.82. The lowest BCUT2D eigenvalue weighted by Gasteiger charge is -2.09. The van der Waals surface area contributed by atoms with Crippen LogP contribution in [0, 0.1) is 6.57 Å². The van der Waals surface area contributed by atoms with Gasteiger partial charge in [0.2, 0.25) is 0 Å². The molecule has 10 heteroatoms. The summed E-state index contributed by atoms with van der Waals surface area (Å²) in [4.78, 5) is 3.22. The van der Waals surface area contributed by atoms with Crippen molar-refractivity contribution in [1.82, 2.24) is 9.78 Å². The van der Waals surface area contributed by atoms with Crippen LogP contribution >= 0.6 is 0 Å². The Morgan fingerprint density at radius 2 is 1.86 bits per heavy atom. The third-order valence-electron chi connectivity index (χ3n) is 2.57. The quantitative estimate of drug-likeness (QED) is 0.493. The summed E-state index contributed by atoms with van der Waals surface area (Å²) in [5, 5.41) is 3.91. The van der Waals surface area contributed by atoms with Gasteiger partial charge in [-0.1, -0.05) is 18.7 Å². The maximum Gasteiger partial charge on any atom is 0.534 e. The first kappa shape index (κ1) is 15.8. The summed E-state index contributed by atoms with van der Waals surface area (Å²) in [7, 11) is -4.09. The van der Waals surface area contributed by atoms with Crippen molar-refractivity contribution in [3.8, 4) is 16.9 Å². The van der Waals surface area contributed by atoms with Crippen LogP contribution in [0.15, 0.2) is 30.5 Å². The predicted octanol–water partition coefficient (Wildman–Crippen LogP) is 2.87. The second kappa shape index (κ2) is 5.34. The maximum atomic E-state index is 12.2. The van der Waals surface area contributed by atoms with E-state index < -0.39 is 21.4 Å². The van der Waals surface area contributed by atoms with Crippen molar-refractivity contribution in [3.05, 3.63) is 41.9 Å². The molecule has 116 valence electrons. The summed E-state index contributed by atoms with van der Waals surface area (Å²) < 4.78 is 63.8. The van der Waals surface area contributed by atoms with Gasteiger partial charge >= 0.3 is 21.4 Å². The van der Waals surface area contributed by atoms with Gasteiger partial charge in [0.25, 0.3) is 0 Å². The number of rotatable bonds is 3. The molecule has 0 saturated heterocycles. The lowest BCUT2D eigenvalue weighted by Crippen LogP contribution is -2.28. The Kier molecular flexibility index (Phi) is 3.85. The molecule has 0 unspecified atom stereocenters. The van der Waals surface area contributed by atoms with Crippen molar-refractivity contribution in [3.63, 3.8) is 0 Å². The number of aromatic nitrogens is 2. The van der Waals surface area contributed by atoms with E-state index in [0.717, 1.165) is 12.1 Å². The molecule has 0 amide bonds. The number of hydrogen-bond donors (Lipinski definition) is 0. The third kappa shape index (κ3) is 3.04. The first-order valence-electron chi connectivity index (χ1n) is 5.66. The molecule has 0 saturated carbocycles. The monoisotopic (exact) mass is 331 g/mol. The van der Waals surface area contributed by atoms with Crippen LogP contribution in [0.1, 0.15) is 0 Å². The molecule has 0 aliphatic carbocycles. The minimum absolute atomic E-state index is 0.124. The second-order valence-electron chi connectivity index (χ2n) is 4.16. The third-order valence-corrected chi connectivity index (χ3v) is 3.55. The predicted molar refractivity (Wildman–Crippen MR) is 70.5 cm³/mol. The number of halogens is 3. The Balaban J connectivity index is 2.30. The van der Waals surface area contributed by atoms with E-state index in [1.54, 1.807) is 13.2 Å². The Morgan fingerprint density at radius 1 is 1.27 bits per heavy atom. The van der Waals surface area contributed by atoms with Crippen LogP contribution in [0.25, 0.3) is 16.0 Å². The van der Waals surface area contributed by atoms with Crippen LogP contribution in [0.2, 0.25) is 0 Å². The molecular weight excluding hydrogens is 323 g/mol. The van der Waals surface area contributed by atoms with Crippen molar-refractivity contribution < 1.29 is 25.8 Å². The van der Waals surface area contributed by atoms with Crippen LogP contribution in [0.4, 0.5) is 19.0 Å². The first-order chi connectivity index (χ1) is 10.1. The smallest absolute Gasteiger partial charge is 0.376 e. The number of hydrogen-bond acceptors (Lipinski definition) is 4. The van der Waals surface area contributed by atoms with E-state index in [1.807, 2.05) is 0 Å². The van der Waals surface area contributed by atoms with Crippen LogP contribution in [0.3, 0.4) is 0 Å². The minimum atomic E-state index is -5.70. The van der Waals surface area contributed by atoms with Gasteiger partial charge in [-0.2, -0.15) is 21.6 Å². The molecule has 22 heavy (non-hydrogen) atoms. The molecule has 1 heterocycles. The van der Waals surface area contributed by atoms with Crippen molar-refractivity contribution in [2.24, 2.45) is 7.05 Å². The molecule has 2 rings (SSSR count). The lowest BCUT2D eigenvalue weighted by atomic mass is 10.1. The molecule has 1 aromatic carbocycles. The molecule has 2 aromatic rings. The molecule has 0 fully saturated rings. The molecule has 6 nitrogen and oxygen atoms in total. The van der Waals surface area contributed by atoms with Crippen molar-refractivity contribution in [2.75, 3.05) is 0 Å². The van der Waals surface area contributed by atoms with Gasteiger partial charge in [0, 0.05) is 18.8 Å². The van der Waals surface area contributed by atoms with Crippen molar-refractivity contribution in [1.29, 1.82) is 0 Å². The highest BCUT2D eigenvalue weighted by atomic mass is 32.2. The van der Waals surface area contributed by atoms with Gasteiger partial charge in [0.1, 0.15) is 5.75 Å². The van der Waals surface area contributed by atoms with Gasteiger partial charge < -0.3 is 9.03 Å². The van der Waals surface area contributed by atoms with E-state index in [4.69, 9.17) is 6.57 Å². The summed E-state index contributed by atoms with van der Waals surface area (Å²) in [6.45, 7) is 7.00. The zero-order chi connectivity index (χ0) is 16.5. The normalized spacial score (nSPS) is 12.0. The highest BCUT2D eigenvalue weighted by molar-refractivity contribution is 7.88. The van der Waals surface area contributed by atoms with Gasteiger partial charge in [-0.15, -0.1) is 0 Å². The Bertz CT molecular complexity index is 833. The molecule has 0 atom stereocenters. The minimum Gasteiger partial charge on any atom is -0.376 e. The fourth-order valence-electron chi connectivity index (χ4n) is 1.63. The number of alkyl halides is 3. The van der Waals surface area contributed by atoms with Gasteiger partial charge in [-0.25, -0.2) is 4.68 Å². The van der Waals surface area contributed by atoms with E-state index in [9.17, 15) is 21.6 Å². The lowest BCUT2D eigenvalue weighted by molar-refractivity contribution is -0.0500. The molecule has 0 bridgehead atoms. The van der Waals surface area contributed by atoms with E-state index >= 15 is 0 Å². The SMILES string of the molecule is [C-]#[N+]c1nn(C)cc1-c1ccc(OS(=O)(=O)C(F)(F)F)cc1. The van der Waals surface area contributed by atoms with Gasteiger partial charge in [-0.05, 0) is 22.8 Å². The van der Waals surface area contributed by atoms with Crippen molar-refractivity contribution in [2.45, 2.75) is 5.51 Å². The van der Waals surface area contributed by atoms with Crippen LogP contribution in [0.5, 0.6) is 5.75 Å². The number of aryl methyl sites for hydroxylation is 1. The molecule has 1 aromatic heterocycles. The molecular formula is C12H8F3N3O3S. The summed E-state index contributed by atoms with van der Waals surface area (Å²) in [5.74, 6) is -0.353. The second-order valence-corrected chi connectivity index (χ2v) is 5.70. The summed E-state index contributed by atoms with van der Waals surface area (Å²) in [6.07, 6.45) is 1.57. The summed E-state index contributed by atoms with van der Waals surface area (Å²) in [5.41, 5.74) is -4.52. The molecule has 0 radical (unpaired) electrons. The van der Waals surface area contributed by atoms with E-state index in [0.29, 0.717) is 11.1 Å². The van der Waals surface area contributed by atoms with Crippen LogP contribution in [-0.2, 0) is 17.2 Å². The Hall–Kier alpha value is -2.54. The van der Waals surface area contributed by atoms with Gasteiger partial charge in [-0.3, -0.25) is 0 Å². The number of nitrogens with zero attached hydrogens (tertiary/aromatic N) is 3. The average Bonchev–Trinajstić information content (AvgIpc) is 2.79. The Morgan fingerprint density at radius 3 is 2.36 bits per heavy atom. The highest BCUT2D eigenvalue weighted by Crippen LogP contribution is 2.31. The fourth-order valence-corrected chi connectivity index (χ4v) is 2.09.